The largest absolute Gasteiger partial charge is 0.396 e. The van der Waals surface area contributed by atoms with Crippen molar-refractivity contribution in [2.45, 2.75) is 40.0 Å². The molecule has 1 aromatic rings. The summed E-state index contributed by atoms with van der Waals surface area (Å²) in [5.41, 5.74) is 1.09. The number of aliphatic hydroxyl groups excluding tert-OH is 1. The molecule has 0 aliphatic carbocycles. The second-order valence-electron chi connectivity index (χ2n) is 3.62. The van der Waals surface area contributed by atoms with Gasteiger partial charge in [0, 0.05) is 24.4 Å². The Bertz CT molecular complexity index is 234. The van der Waals surface area contributed by atoms with Crippen molar-refractivity contribution < 1.29 is 5.11 Å². The molecule has 0 saturated heterocycles. The molecule has 1 unspecified atom stereocenters. The van der Waals surface area contributed by atoms with Crippen molar-refractivity contribution in [3.8, 4) is 0 Å². The molecule has 1 N–H and O–H groups in total. The van der Waals surface area contributed by atoms with Gasteiger partial charge in [-0.1, -0.05) is 33.8 Å². The van der Waals surface area contributed by atoms with E-state index in [1.807, 2.05) is 38.2 Å². The number of aliphatic hydroxyl groups is 1. The zero-order valence-corrected chi connectivity index (χ0v) is 10.3. The highest BCUT2D eigenvalue weighted by Gasteiger charge is 2.15. The van der Waals surface area contributed by atoms with Gasteiger partial charge in [0.15, 0.2) is 0 Å². The average molecular weight is 209 g/mol. The molecule has 1 heterocycles. The zero-order chi connectivity index (χ0) is 11.7. The zero-order valence-electron chi connectivity index (χ0n) is 10.3. The molecule has 0 radical (unpaired) electrons. The molecule has 0 spiro atoms. The van der Waals surface area contributed by atoms with Gasteiger partial charge in [-0.25, -0.2) is 0 Å². The summed E-state index contributed by atoms with van der Waals surface area (Å²) in [5, 5.41) is 8.92. The van der Waals surface area contributed by atoms with E-state index in [1.165, 1.54) is 0 Å². The van der Waals surface area contributed by atoms with Crippen LogP contribution in [0.15, 0.2) is 24.4 Å². The quantitative estimate of drug-likeness (QED) is 0.826. The Morgan fingerprint density at radius 2 is 1.93 bits per heavy atom. The van der Waals surface area contributed by atoms with Crippen LogP contribution in [-0.2, 0) is 0 Å². The summed E-state index contributed by atoms with van der Waals surface area (Å²) in [7, 11) is 0. The number of pyridine rings is 1. The van der Waals surface area contributed by atoms with Crippen LogP contribution in [0.5, 0.6) is 0 Å². The molecule has 1 aromatic heterocycles. The maximum Gasteiger partial charge on any atom is 0.0437 e. The number of hydrogen-bond donors (Lipinski definition) is 1. The summed E-state index contributed by atoms with van der Waals surface area (Å²) in [6, 6.07) is 5.94. The van der Waals surface area contributed by atoms with Crippen molar-refractivity contribution in [1.29, 1.82) is 0 Å². The van der Waals surface area contributed by atoms with Gasteiger partial charge >= 0.3 is 0 Å². The van der Waals surface area contributed by atoms with Crippen molar-refractivity contribution >= 4 is 0 Å². The molecular formula is C13H23NO. The smallest absolute Gasteiger partial charge is 0.0437 e. The lowest BCUT2D eigenvalue weighted by Gasteiger charge is -2.18. The Balaban J connectivity index is 0.000000921. The molecule has 2 nitrogen and oxygen atoms in total. The molecule has 15 heavy (non-hydrogen) atoms. The molecule has 0 aliphatic rings. The molecule has 0 saturated carbocycles. The predicted molar refractivity (Wildman–Crippen MR) is 64.9 cm³/mol. The van der Waals surface area contributed by atoms with E-state index in [0.717, 1.165) is 12.1 Å². The highest BCUT2D eigenvalue weighted by Crippen LogP contribution is 2.25. The summed E-state index contributed by atoms with van der Waals surface area (Å²) in [6.45, 7) is 8.56. The van der Waals surface area contributed by atoms with Crippen LogP contribution in [0.2, 0.25) is 0 Å². The van der Waals surface area contributed by atoms with Gasteiger partial charge in [-0.05, 0) is 24.5 Å². The van der Waals surface area contributed by atoms with Crippen molar-refractivity contribution in [3.63, 3.8) is 0 Å². The minimum Gasteiger partial charge on any atom is -0.396 e. The monoisotopic (exact) mass is 209 g/mol. The number of rotatable bonds is 4. The Labute approximate surface area is 93.4 Å². The van der Waals surface area contributed by atoms with Crippen LogP contribution in [0.25, 0.3) is 0 Å². The second kappa shape index (κ2) is 8.42. The van der Waals surface area contributed by atoms with Gasteiger partial charge < -0.3 is 5.11 Å². The van der Waals surface area contributed by atoms with Crippen LogP contribution in [-0.4, -0.2) is 16.7 Å². The minimum absolute atomic E-state index is 0.236. The first-order valence-corrected chi connectivity index (χ1v) is 5.77. The third kappa shape index (κ3) is 4.93. The lowest BCUT2D eigenvalue weighted by Crippen LogP contribution is -2.10. The van der Waals surface area contributed by atoms with Crippen LogP contribution >= 0.6 is 0 Å². The molecule has 2 heteroatoms. The number of aromatic nitrogens is 1. The van der Waals surface area contributed by atoms with Gasteiger partial charge in [-0.2, -0.15) is 0 Å². The van der Waals surface area contributed by atoms with E-state index >= 15 is 0 Å². The van der Waals surface area contributed by atoms with E-state index in [2.05, 4.69) is 18.8 Å². The molecule has 0 aliphatic heterocycles. The first-order chi connectivity index (χ1) is 7.25. The van der Waals surface area contributed by atoms with Gasteiger partial charge in [0.25, 0.3) is 0 Å². The summed E-state index contributed by atoms with van der Waals surface area (Å²) in [6.07, 6.45) is 2.61. The van der Waals surface area contributed by atoms with Crippen LogP contribution < -0.4 is 0 Å². The third-order valence-corrected chi connectivity index (χ3v) is 2.31. The highest BCUT2D eigenvalue weighted by atomic mass is 16.3. The van der Waals surface area contributed by atoms with E-state index in [1.54, 1.807) is 0 Å². The van der Waals surface area contributed by atoms with Gasteiger partial charge in [0.2, 0.25) is 0 Å². The molecule has 0 fully saturated rings. The molecule has 0 bridgehead atoms. The Morgan fingerprint density at radius 1 is 1.27 bits per heavy atom. The topological polar surface area (TPSA) is 33.1 Å². The van der Waals surface area contributed by atoms with Crippen molar-refractivity contribution in [2.75, 3.05) is 6.61 Å². The van der Waals surface area contributed by atoms with Crippen molar-refractivity contribution in [3.05, 3.63) is 30.1 Å². The fourth-order valence-electron chi connectivity index (χ4n) is 1.56. The molecule has 0 aromatic carbocycles. The first kappa shape index (κ1) is 14.1. The highest BCUT2D eigenvalue weighted by molar-refractivity contribution is 5.10. The average Bonchev–Trinajstić information content (AvgIpc) is 2.29. The lowest BCUT2D eigenvalue weighted by molar-refractivity contribution is 0.260. The van der Waals surface area contributed by atoms with Gasteiger partial charge in [-0.15, -0.1) is 0 Å². The van der Waals surface area contributed by atoms with Gasteiger partial charge in [-0.3, -0.25) is 4.98 Å². The molecule has 86 valence electrons. The van der Waals surface area contributed by atoms with Crippen LogP contribution in [0.3, 0.4) is 0 Å². The molecule has 0 amide bonds. The van der Waals surface area contributed by atoms with Gasteiger partial charge in [0.05, 0.1) is 0 Å². The first-order valence-electron chi connectivity index (χ1n) is 5.77. The third-order valence-electron chi connectivity index (χ3n) is 2.31. The lowest BCUT2D eigenvalue weighted by atomic mass is 9.89. The second-order valence-corrected chi connectivity index (χ2v) is 3.62. The Hall–Kier alpha value is -0.890. The normalized spacial score (nSPS) is 11.9. The fraction of sp³-hybridized carbons (Fsp3) is 0.615. The molecule has 1 rings (SSSR count). The van der Waals surface area contributed by atoms with Gasteiger partial charge in [0.1, 0.15) is 0 Å². The fourth-order valence-corrected chi connectivity index (χ4v) is 1.56. The van der Waals surface area contributed by atoms with Crippen molar-refractivity contribution in [2.24, 2.45) is 5.92 Å². The van der Waals surface area contributed by atoms with E-state index < -0.39 is 0 Å². The summed E-state index contributed by atoms with van der Waals surface area (Å²) >= 11 is 0. The van der Waals surface area contributed by atoms with E-state index in [9.17, 15) is 0 Å². The van der Waals surface area contributed by atoms with E-state index in [4.69, 9.17) is 5.11 Å². The van der Waals surface area contributed by atoms with Crippen LogP contribution in [0, 0.1) is 5.92 Å². The summed E-state index contributed by atoms with van der Waals surface area (Å²) in [5.74, 6) is 0.910. The maximum atomic E-state index is 8.92. The van der Waals surface area contributed by atoms with Crippen LogP contribution in [0.1, 0.15) is 45.7 Å². The predicted octanol–water partition coefficient (Wildman–Crippen LogP) is 3.23. The van der Waals surface area contributed by atoms with E-state index in [-0.39, 0.29) is 6.61 Å². The SMILES string of the molecule is CC.CC(C)C(CCO)c1ccccn1. The molecule has 1 atom stereocenters. The number of nitrogens with zero attached hydrogens (tertiary/aromatic N) is 1. The minimum atomic E-state index is 0.236. The molecular weight excluding hydrogens is 186 g/mol. The summed E-state index contributed by atoms with van der Waals surface area (Å²) in [4.78, 5) is 4.31. The number of hydrogen-bond acceptors (Lipinski definition) is 2. The van der Waals surface area contributed by atoms with Crippen LogP contribution in [0.4, 0.5) is 0 Å². The summed E-state index contributed by atoms with van der Waals surface area (Å²) < 4.78 is 0. The maximum absolute atomic E-state index is 8.92. The van der Waals surface area contributed by atoms with Crippen molar-refractivity contribution in [1.82, 2.24) is 4.98 Å². The Morgan fingerprint density at radius 3 is 2.33 bits per heavy atom. The van der Waals surface area contributed by atoms with E-state index in [0.29, 0.717) is 11.8 Å². The Kier molecular flexibility index (Phi) is 7.92. The standard InChI is InChI=1S/C11H17NO.C2H6/c1-9(2)10(6-8-13)11-5-3-4-7-12-11;1-2/h3-5,7,9-10,13H,6,8H2,1-2H3;1-2H3.